The summed E-state index contributed by atoms with van der Waals surface area (Å²) in [5, 5.41) is 0. The maximum atomic E-state index is 13.4. The van der Waals surface area contributed by atoms with Crippen LogP contribution in [0.4, 0.5) is 0 Å². The van der Waals surface area contributed by atoms with Gasteiger partial charge < -0.3 is 14.5 Å². The molecule has 3 rings (SSSR count). The molecule has 0 N–H and O–H groups in total. The molecule has 4 heteroatoms. The van der Waals surface area contributed by atoms with Crippen LogP contribution in [-0.2, 0) is 14.9 Å². The summed E-state index contributed by atoms with van der Waals surface area (Å²) in [6, 6.07) is 10.4. The van der Waals surface area contributed by atoms with Gasteiger partial charge in [0.1, 0.15) is 0 Å². The Kier molecular flexibility index (Phi) is 5.02. The van der Waals surface area contributed by atoms with Gasteiger partial charge in [-0.15, -0.1) is 0 Å². The number of carbonyl (C=O) groups excluding carboxylic acids is 1. The molecule has 0 aromatic heterocycles. The van der Waals surface area contributed by atoms with E-state index in [9.17, 15) is 4.79 Å². The number of methoxy groups -OCH3 is 1. The van der Waals surface area contributed by atoms with Crippen molar-refractivity contribution in [2.45, 2.75) is 24.7 Å². The summed E-state index contributed by atoms with van der Waals surface area (Å²) in [6.07, 6.45) is 2.89. The molecule has 2 saturated heterocycles. The molecule has 2 aliphatic heterocycles. The lowest BCUT2D eigenvalue weighted by Crippen LogP contribution is -2.52. The van der Waals surface area contributed by atoms with Gasteiger partial charge in [0.25, 0.3) is 0 Å². The number of ether oxygens (including phenoxy) is 1. The van der Waals surface area contributed by atoms with E-state index in [1.54, 1.807) is 7.11 Å². The minimum Gasteiger partial charge on any atom is -0.384 e. The van der Waals surface area contributed by atoms with Crippen LogP contribution in [0, 0.1) is 5.92 Å². The molecule has 1 amide bonds. The van der Waals surface area contributed by atoms with Crippen LogP contribution in [0.1, 0.15) is 24.8 Å². The zero-order chi connectivity index (χ0) is 16.3. The van der Waals surface area contributed by atoms with E-state index in [0.29, 0.717) is 11.8 Å². The van der Waals surface area contributed by atoms with Crippen molar-refractivity contribution in [2.75, 3.05) is 46.9 Å². The van der Waals surface area contributed by atoms with Gasteiger partial charge in [-0.3, -0.25) is 4.79 Å². The van der Waals surface area contributed by atoms with Crippen LogP contribution in [0.25, 0.3) is 0 Å². The van der Waals surface area contributed by atoms with Crippen molar-refractivity contribution in [1.29, 1.82) is 0 Å². The number of hydrogen-bond acceptors (Lipinski definition) is 3. The lowest BCUT2D eigenvalue weighted by atomic mass is 9.71. The van der Waals surface area contributed by atoms with Gasteiger partial charge >= 0.3 is 0 Å². The molecule has 1 aromatic carbocycles. The summed E-state index contributed by atoms with van der Waals surface area (Å²) < 4.78 is 5.28. The first-order valence-corrected chi connectivity index (χ1v) is 8.68. The Bertz CT molecular complexity index is 523. The van der Waals surface area contributed by atoms with Gasteiger partial charge in [0, 0.05) is 26.1 Å². The molecular formula is C19H28N2O2. The fourth-order valence-electron chi connectivity index (χ4n) is 4.07. The van der Waals surface area contributed by atoms with E-state index < -0.39 is 0 Å². The van der Waals surface area contributed by atoms with Gasteiger partial charge in [-0.1, -0.05) is 30.3 Å². The molecule has 0 radical (unpaired) electrons. The number of nitrogens with zero attached hydrogens (tertiary/aromatic N) is 2. The highest BCUT2D eigenvalue weighted by molar-refractivity contribution is 5.88. The number of rotatable bonds is 4. The Hall–Kier alpha value is -1.39. The maximum Gasteiger partial charge on any atom is 0.233 e. The van der Waals surface area contributed by atoms with E-state index in [1.807, 2.05) is 6.07 Å². The maximum absolute atomic E-state index is 13.4. The first kappa shape index (κ1) is 16.5. The molecule has 0 unspecified atom stereocenters. The minimum atomic E-state index is -0.338. The first-order chi connectivity index (χ1) is 11.2. The largest absolute Gasteiger partial charge is 0.384 e. The number of benzene rings is 1. The number of amides is 1. The van der Waals surface area contributed by atoms with Crippen LogP contribution in [0.3, 0.4) is 0 Å². The number of likely N-dealkylation sites (tertiary alicyclic amines) is 2. The molecule has 2 aliphatic rings. The summed E-state index contributed by atoms with van der Waals surface area (Å²) in [6.45, 7) is 4.44. The van der Waals surface area contributed by atoms with Gasteiger partial charge in [-0.05, 0) is 45.0 Å². The molecule has 0 aliphatic carbocycles. The second-order valence-corrected chi connectivity index (χ2v) is 7.11. The fraction of sp³-hybridized carbons (Fsp3) is 0.632. The van der Waals surface area contributed by atoms with Crippen molar-refractivity contribution in [1.82, 2.24) is 9.80 Å². The lowest BCUT2D eigenvalue weighted by Gasteiger charge is -2.42. The minimum absolute atomic E-state index is 0.329. The average molecular weight is 316 g/mol. The highest BCUT2D eigenvalue weighted by atomic mass is 16.5. The summed E-state index contributed by atoms with van der Waals surface area (Å²) in [5.74, 6) is 0.818. The summed E-state index contributed by atoms with van der Waals surface area (Å²) in [5.41, 5.74) is 0.851. The van der Waals surface area contributed by atoms with Crippen molar-refractivity contribution >= 4 is 5.91 Å². The van der Waals surface area contributed by atoms with E-state index in [-0.39, 0.29) is 5.41 Å². The molecule has 0 spiro atoms. The van der Waals surface area contributed by atoms with Crippen molar-refractivity contribution < 1.29 is 9.53 Å². The number of hydrogen-bond donors (Lipinski definition) is 0. The van der Waals surface area contributed by atoms with Crippen molar-refractivity contribution in [3.63, 3.8) is 0 Å². The molecule has 23 heavy (non-hydrogen) atoms. The monoisotopic (exact) mass is 316 g/mol. The molecule has 2 heterocycles. The van der Waals surface area contributed by atoms with E-state index in [4.69, 9.17) is 4.74 Å². The standard InChI is InChI=1S/C19H28N2O2/c1-20-12-9-19(10-13-20,17-6-4-3-5-7-17)18(22)21-11-8-16(14-21)15-23-2/h3-7,16H,8-15H2,1-2H3/t16-/m0/s1. The lowest BCUT2D eigenvalue weighted by molar-refractivity contribution is -0.138. The van der Waals surface area contributed by atoms with E-state index in [0.717, 1.165) is 52.0 Å². The van der Waals surface area contributed by atoms with Crippen molar-refractivity contribution in [3.05, 3.63) is 35.9 Å². The van der Waals surface area contributed by atoms with Gasteiger partial charge in [0.2, 0.25) is 5.91 Å². The molecule has 1 atom stereocenters. The summed E-state index contributed by atoms with van der Waals surface area (Å²) in [4.78, 5) is 17.9. The normalized spacial score (nSPS) is 24.8. The Labute approximate surface area is 139 Å². The van der Waals surface area contributed by atoms with Crippen LogP contribution >= 0.6 is 0 Å². The highest BCUT2D eigenvalue weighted by Gasteiger charge is 2.45. The second-order valence-electron chi connectivity index (χ2n) is 7.11. The third-order valence-corrected chi connectivity index (χ3v) is 5.55. The van der Waals surface area contributed by atoms with Gasteiger partial charge in [0.15, 0.2) is 0 Å². The smallest absolute Gasteiger partial charge is 0.233 e. The molecule has 1 aromatic rings. The zero-order valence-corrected chi connectivity index (χ0v) is 14.3. The first-order valence-electron chi connectivity index (χ1n) is 8.68. The Morgan fingerprint density at radius 2 is 1.91 bits per heavy atom. The molecule has 2 fully saturated rings. The van der Waals surface area contributed by atoms with Gasteiger partial charge in [-0.2, -0.15) is 0 Å². The Balaban J connectivity index is 1.83. The van der Waals surface area contributed by atoms with E-state index >= 15 is 0 Å². The molecule has 0 bridgehead atoms. The van der Waals surface area contributed by atoms with Crippen molar-refractivity contribution in [2.24, 2.45) is 5.92 Å². The predicted octanol–water partition coefficient (Wildman–Crippen LogP) is 2.14. The van der Waals surface area contributed by atoms with Crippen LogP contribution in [0.5, 0.6) is 0 Å². The quantitative estimate of drug-likeness (QED) is 0.853. The summed E-state index contributed by atoms with van der Waals surface area (Å²) >= 11 is 0. The third kappa shape index (κ3) is 3.29. The van der Waals surface area contributed by atoms with Crippen LogP contribution in [0.2, 0.25) is 0 Å². The number of carbonyl (C=O) groups is 1. The van der Waals surface area contributed by atoms with Crippen LogP contribution in [-0.4, -0.2) is 62.7 Å². The molecule has 0 saturated carbocycles. The van der Waals surface area contributed by atoms with E-state index in [1.165, 1.54) is 5.56 Å². The third-order valence-electron chi connectivity index (χ3n) is 5.55. The molecule has 126 valence electrons. The fourth-order valence-corrected chi connectivity index (χ4v) is 4.07. The SMILES string of the molecule is COC[C@H]1CCN(C(=O)C2(c3ccccc3)CCN(C)CC2)C1. The number of piperidine rings is 1. The van der Waals surface area contributed by atoms with Crippen LogP contribution < -0.4 is 0 Å². The second kappa shape index (κ2) is 7.02. The topological polar surface area (TPSA) is 32.8 Å². The predicted molar refractivity (Wildman–Crippen MR) is 91.4 cm³/mol. The van der Waals surface area contributed by atoms with E-state index in [2.05, 4.69) is 41.1 Å². The highest BCUT2D eigenvalue weighted by Crippen LogP contribution is 2.38. The zero-order valence-electron chi connectivity index (χ0n) is 14.3. The Morgan fingerprint density at radius 3 is 2.57 bits per heavy atom. The van der Waals surface area contributed by atoms with Gasteiger partial charge in [-0.25, -0.2) is 0 Å². The Morgan fingerprint density at radius 1 is 1.22 bits per heavy atom. The molecule has 4 nitrogen and oxygen atoms in total. The van der Waals surface area contributed by atoms with Crippen molar-refractivity contribution in [3.8, 4) is 0 Å². The van der Waals surface area contributed by atoms with Gasteiger partial charge in [0.05, 0.1) is 12.0 Å². The van der Waals surface area contributed by atoms with Crippen LogP contribution in [0.15, 0.2) is 30.3 Å². The average Bonchev–Trinajstić information content (AvgIpc) is 3.05. The summed E-state index contributed by atoms with van der Waals surface area (Å²) in [7, 11) is 3.89. The molecular weight excluding hydrogens is 288 g/mol.